The fourth-order valence-corrected chi connectivity index (χ4v) is 4.96. The van der Waals surface area contributed by atoms with Gasteiger partial charge in [-0.1, -0.05) is 39.9 Å². The van der Waals surface area contributed by atoms with Crippen molar-refractivity contribution in [3.63, 3.8) is 0 Å². The van der Waals surface area contributed by atoms with Gasteiger partial charge in [0.05, 0.1) is 5.41 Å². The van der Waals surface area contributed by atoms with E-state index >= 15 is 0 Å². The summed E-state index contributed by atoms with van der Waals surface area (Å²) >= 11 is 3.79. The molecule has 1 saturated carbocycles. The minimum atomic E-state index is -0.348. The van der Waals surface area contributed by atoms with Gasteiger partial charge >= 0.3 is 0 Å². The minimum Gasteiger partial charge on any atom is -0.299 e. The average molecular weight is 365 g/mol. The summed E-state index contributed by atoms with van der Waals surface area (Å²) in [6.07, 6.45) is 13.8. The molecule has 0 aromatic carbocycles. The second-order valence-electron chi connectivity index (χ2n) is 7.09. The lowest BCUT2D eigenvalue weighted by molar-refractivity contribution is -0.129. The van der Waals surface area contributed by atoms with Crippen molar-refractivity contribution >= 4 is 27.5 Å². The van der Waals surface area contributed by atoms with E-state index < -0.39 is 0 Å². The summed E-state index contributed by atoms with van der Waals surface area (Å²) in [4.78, 5) is 24.6. The Morgan fingerprint density at radius 3 is 2.50 bits per heavy atom. The molecule has 1 fully saturated rings. The van der Waals surface area contributed by atoms with E-state index in [0.717, 1.165) is 44.1 Å². The van der Waals surface area contributed by atoms with Crippen LogP contribution in [0.2, 0.25) is 0 Å². The third kappa shape index (κ3) is 3.15. The maximum Gasteiger partial charge on any atom is 0.155 e. The molecule has 0 heterocycles. The van der Waals surface area contributed by atoms with Crippen LogP contribution < -0.4 is 0 Å². The van der Waals surface area contributed by atoms with Gasteiger partial charge in [0.25, 0.3) is 0 Å². The molecule has 0 amide bonds. The normalized spacial score (nSPS) is 33.8. The van der Waals surface area contributed by atoms with Gasteiger partial charge in [-0.3, -0.25) is 9.59 Å². The zero-order valence-corrected chi connectivity index (χ0v) is 14.8. The van der Waals surface area contributed by atoms with Crippen molar-refractivity contribution in [1.82, 2.24) is 0 Å². The quantitative estimate of drug-likeness (QED) is 0.656. The SMILES string of the molecule is O=C1C=C2CCCC(=O)C2(C/C2=C(\Br)CCCCCC2)CC1. The molecule has 0 saturated heterocycles. The summed E-state index contributed by atoms with van der Waals surface area (Å²) < 4.78 is 1.33. The molecule has 0 aromatic heterocycles. The van der Waals surface area contributed by atoms with Crippen molar-refractivity contribution < 1.29 is 9.59 Å². The van der Waals surface area contributed by atoms with Gasteiger partial charge in [0.2, 0.25) is 0 Å². The van der Waals surface area contributed by atoms with Gasteiger partial charge in [-0.2, -0.15) is 0 Å². The Morgan fingerprint density at radius 2 is 1.68 bits per heavy atom. The summed E-state index contributed by atoms with van der Waals surface area (Å²) in [5, 5.41) is 0. The molecule has 1 unspecified atom stereocenters. The molecule has 0 spiro atoms. The summed E-state index contributed by atoms with van der Waals surface area (Å²) in [6, 6.07) is 0. The predicted octanol–water partition coefficient (Wildman–Crippen LogP) is 5.41. The first-order valence-electron chi connectivity index (χ1n) is 8.75. The van der Waals surface area contributed by atoms with Crippen molar-refractivity contribution in [3.05, 3.63) is 21.7 Å². The molecule has 2 nitrogen and oxygen atoms in total. The smallest absolute Gasteiger partial charge is 0.155 e. The van der Waals surface area contributed by atoms with Crippen LogP contribution in [0.5, 0.6) is 0 Å². The van der Waals surface area contributed by atoms with Gasteiger partial charge in [0, 0.05) is 12.8 Å². The molecule has 3 heteroatoms. The van der Waals surface area contributed by atoms with Crippen LogP contribution in [0.3, 0.4) is 0 Å². The van der Waals surface area contributed by atoms with Crippen molar-refractivity contribution in [2.75, 3.05) is 0 Å². The molecule has 3 aliphatic rings. The fraction of sp³-hybridized carbons (Fsp3) is 0.684. The van der Waals surface area contributed by atoms with E-state index in [-0.39, 0.29) is 11.2 Å². The number of carbonyl (C=O) groups excluding carboxylic acids is 2. The lowest BCUT2D eigenvalue weighted by Gasteiger charge is -2.41. The van der Waals surface area contributed by atoms with Crippen LogP contribution in [0.15, 0.2) is 21.7 Å². The zero-order chi connectivity index (χ0) is 15.6. The van der Waals surface area contributed by atoms with Crippen LogP contribution in [0.25, 0.3) is 0 Å². The molecule has 0 bridgehead atoms. The first-order chi connectivity index (χ1) is 10.6. The van der Waals surface area contributed by atoms with Gasteiger partial charge in [-0.15, -0.1) is 0 Å². The van der Waals surface area contributed by atoms with Crippen LogP contribution in [0, 0.1) is 5.41 Å². The molecule has 0 N–H and O–H groups in total. The molecule has 3 rings (SSSR count). The largest absolute Gasteiger partial charge is 0.299 e. The van der Waals surface area contributed by atoms with Crippen LogP contribution >= 0.6 is 15.9 Å². The number of hydrogen-bond acceptors (Lipinski definition) is 2. The highest BCUT2D eigenvalue weighted by atomic mass is 79.9. The summed E-state index contributed by atoms with van der Waals surface area (Å²) in [5.74, 6) is 0.596. The topological polar surface area (TPSA) is 34.1 Å². The van der Waals surface area contributed by atoms with Gasteiger partial charge in [-0.05, 0) is 61.9 Å². The van der Waals surface area contributed by atoms with Crippen molar-refractivity contribution in [3.8, 4) is 0 Å². The Bertz CT molecular complexity index is 544. The lowest BCUT2D eigenvalue weighted by Crippen LogP contribution is -2.40. The number of halogens is 1. The van der Waals surface area contributed by atoms with Crippen LogP contribution in [0.1, 0.15) is 77.0 Å². The van der Waals surface area contributed by atoms with Crippen LogP contribution in [-0.2, 0) is 9.59 Å². The third-order valence-electron chi connectivity index (χ3n) is 5.66. The monoisotopic (exact) mass is 364 g/mol. The van der Waals surface area contributed by atoms with Crippen molar-refractivity contribution in [1.29, 1.82) is 0 Å². The van der Waals surface area contributed by atoms with E-state index in [1.54, 1.807) is 6.08 Å². The van der Waals surface area contributed by atoms with Gasteiger partial charge < -0.3 is 0 Å². The fourth-order valence-electron chi connectivity index (χ4n) is 4.34. The van der Waals surface area contributed by atoms with E-state index in [4.69, 9.17) is 0 Å². The first-order valence-corrected chi connectivity index (χ1v) is 9.55. The van der Waals surface area contributed by atoms with Crippen LogP contribution in [0.4, 0.5) is 0 Å². The highest BCUT2D eigenvalue weighted by Crippen LogP contribution is 2.50. The molecule has 22 heavy (non-hydrogen) atoms. The highest BCUT2D eigenvalue weighted by molar-refractivity contribution is 9.11. The van der Waals surface area contributed by atoms with Gasteiger partial charge in [0.1, 0.15) is 5.78 Å². The Kier molecular flexibility index (Phi) is 5.01. The molecule has 3 aliphatic carbocycles. The first kappa shape index (κ1) is 16.2. The maximum atomic E-state index is 12.8. The molecular weight excluding hydrogens is 340 g/mol. The summed E-state index contributed by atoms with van der Waals surface area (Å²) in [7, 11) is 0. The molecular formula is C19H25BrO2. The highest BCUT2D eigenvalue weighted by Gasteiger charge is 2.46. The number of Topliss-reactive ketones (excluding diaryl/α,β-unsaturated/α-hetero) is 1. The second-order valence-corrected chi connectivity index (χ2v) is 8.05. The molecule has 0 radical (unpaired) electrons. The molecule has 0 aliphatic heterocycles. The van der Waals surface area contributed by atoms with Crippen molar-refractivity contribution in [2.24, 2.45) is 5.41 Å². The maximum absolute atomic E-state index is 12.8. The molecule has 120 valence electrons. The van der Waals surface area contributed by atoms with E-state index in [9.17, 15) is 9.59 Å². The van der Waals surface area contributed by atoms with Crippen LogP contribution in [-0.4, -0.2) is 11.6 Å². The van der Waals surface area contributed by atoms with E-state index in [1.807, 2.05) is 0 Å². The molecule has 0 aromatic rings. The Labute approximate surface area is 141 Å². The Hall–Kier alpha value is -0.700. The summed E-state index contributed by atoms with van der Waals surface area (Å²) in [6.45, 7) is 0. The lowest BCUT2D eigenvalue weighted by atomic mass is 9.61. The van der Waals surface area contributed by atoms with E-state index in [2.05, 4.69) is 15.9 Å². The van der Waals surface area contributed by atoms with Gasteiger partial charge in [0.15, 0.2) is 5.78 Å². The third-order valence-corrected chi connectivity index (χ3v) is 6.61. The number of carbonyl (C=O) groups is 2. The zero-order valence-electron chi connectivity index (χ0n) is 13.3. The Morgan fingerprint density at radius 1 is 0.909 bits per heavy atom. The van der Waals surface area contributed by atoms with Gasteiger partial charge in [-0.25, -0.2) is 0 Å². The summed E-state index contributed by atoms with van der Waals surface area (Å²) in [5.41, 5.74) is 2.23. The van der Waals surface area contributed by atoms with E-state index in [0.29, 0.717) is 18.6 Å². The van der Waals surface area contributed by atoms with Crippen molar-refractivity contribution in [2.45, 2.75) is 77.0 Å². The number of rotatable bonds is 2. The number of hydrogen-bond donors (Lipinski definition) is 0. The number of fused-ring (bicyclic) bond motifs is 1. The standard InChI is InChI=1S/C19H25BrO2/c20-17-8-4-2-1-3-6-14(17)13-19-11-10-16(21)12-15(19)7-5-9-18(19)22/h12H,1-11,13H2/b17-14-. The number of ketones is 2. The Balaban J connectivity index is 1.92. The predicted molar refractivity (Wildman–Crippen MR) is 91.9 cm³/mol. The van der Waals surface area contributed by atoms with E-state index in [1.165, 1.54) is 35.7 Å². The average Bonchev–Trinajstić information content (AvgIpc) is 2.48. The molecule has 1 atom stereocenters. The second kappa shape index (κ2) is 6.82. The minimum absolute atomic E-state index is 0.214. The number of allylic oxidation sites excluding steroid dienone is 4.